The Labute approximate surface area is 173 Å². The van der Waals surface area contributed by atoms with Crippen LogP contribution in [0, 0.1) is 11.8 Å². The zero-order valence-electron chi connectivity index (χ0n) is 17.2. The third-order valence-electron chi connectivity index (χ3n) is 7.39. The summed E-state index contributed by atoms with van der Waals surface area (Å²) in [6, 6.07) is 8.32. The molecule has 4 unspecified atom stereocenters. The molecule has 1 saturated heterocycles. The molecule has 4 aliphatic rings. The number of Topliss-reactive ketones (excluding diaryl/α,β-unsaturated/α-hetero) is 1. The fraction of sp³-hybridized carbons (Fsp3) is 0.625. The highest BCUT2D eigenvalue weighted by Gasteiger charge is 2.49. The first kappa shape index (κ1) is 19.1. The maximum absolute atomic E-state index is 13.4. The van der Waals surface area contributed by atoms with Crippen LogP contribution in [-0.2, 0) is 14.3 Å². The summed E-state index contributed by atoms with van der Waals surface area (Å²) >= 11 is 0. The summed E-state index contributed by atoms with van der Waals surface area (Å²) in [5, 5.41) is 0. The number of benzene rings is 1. The molecule has 2 aliphatic heterocycles. The van der Waals surface area contributed by atoms with E-state index in [1.807, 2.05) is 24.3 Å². The molecule has 2 heterocycles. The second-order valence-electron chi connectivity index (χ2n) is 8.94. The van der Waals surface area contributed by atoms with Crippen LogP contribution in [-0.4, -0.2) is 49.3 Å². The molecular weight excluding hydrogens is 366 g/mol. The van der Waals surface area contributed by atoms with E-state index in [0.717, 1.165) is 31.7 Å². The molecular formula is C24H31NO4. The topological polar surface area (TPSA) is 48.0 Å². The van der Waals surface area contributed by atoms with Crippen molar-refractivity contribution in [1.29, 1.82) is 0 Å². The van der Waals surface area contributed by atoms with Crippen molar-refractivity contribution in [2.75, 3.05) is 20.4 Å². The minimum Gasteiger partial charge on any atom is -0.496 e. The summed E-state index contributed by atoms with van der Waals surface area (Å²) in [6.07, 6.45) is 10.1. The van der Waals surface area contributed by atoms with Crippen molar-refractivity contribution < 1.29 is 19.0 Å². The highest BCUT2D eigenvalue weighted by molar-refractivity contribution is 6.22. The number of ketones is 1. The van der Waals surface area contributed by atoms with Gasteiger partial charge in [0.05, 0.1) is 37.7 Å². The van der Waals surface area contributed by atoms with E-state index in [9.17, 15) is 4.79 Å². The maximum atomic E-state index is 13.4. The number of rotatable bonds is 3. The lowest BCUT2D eigenvalue weighted by molar-refractivity contribution is -0.178. The average molecular weight is 398 g/mol. The zero-order chi connectivity index (χ0) is 19.8. The molecule has 1 aromatic rings. The highest BCUT2D eigenvalue weighted by atomic mass is 16.5. The minimum atomic E-state index is -0.0870. The van der Waals surface area contributed by atoms with E-state index in [0.29, 0.717) is 17.4 Å². The second kappa shape index (κ2) is 8.11. The lowest BCUT2D eigenvalue weighted by atomic mass is 9.71. The van der Waals surface area contributed by atoms with E-state index < -0.39 is 0 Å². The molecule has 156 valence electrons. The first-order chi connectivity index (χ1) is 14.3. The largest absolute Gasteiger partial charge is 0.496 e. The third kappa shape index (κ3) is 3.49. The molecule has 3 fully saturated rings. The quantitative estimate of drug-likeness (QED) is 0.771. The molecule has 5 nitrogen and oxygen atoms in total. The first-order valence-electron chi connectivity index (χ1n) is 11.1. The van der Waals surface area contributed by atoms with Gasteiger partial charge in [-0.1, -0.05) is 37.5 Å². The second-order valence-corrected chi connectivity index (χ2v) is 8.94. The molecule has 0 amide bonds. The fourth-order valence-electron chi connectivity index (χ4n) is 5.82. The average Bonchev–Trinajstić information content (AvgIpc) is 2.79. The van der Waals surface area contributed by atoms with Crippen LogP contribution in [0.15, 0.2) is 30.5 Å². The number of ether oxygens (including phenoxy) is 3. The van der Waals surface area contributed by atoms with E-state index in [4.69, 9.17) is 14.2 Å². The van der Waals surface area contributed by atoms with Crippen LogP contribution in [0.3, 0.4) is 0 Å². The summed E-state index contributed by atoms with van der Waals surface area (Å²) < 4.78 is 18.0. The maximum Gasteiger partial charge on any atom is 0.173 e. The van der Waals surface area contributed by atoms with Crippen LogP contribution in [0.5, 0.6) is 5.75 Å². The Balaban J connectivity index is 1.37. The van der Waals surface area contributed by atoms with Crippen molar-refractivity contribution in [3.05, 3.63) is 36.1 Å². The number of allylic oxidation sites excluding steroid dienone is 1. The zero-order valence-corrected chi connectivity index (χ0v) is 17.2. The van der Waals surface area contributed by atoms with Gasteiger partial charge in [-0.25, -0.2) is 0 Å². The number of carbonyl (C=O) groups is 1. The Morgan fingerprint density at radius 2 is 1.90 bits per heavy atom. The van der Waals surface area contributed by atoms with Gasteiger partial charge in [0, 0.05) is 24.1 Å². The molecule has 5 heteroatoms. The number of fused-ring (bicyclic) bond motifs is 3. The molecule has 2 saturated carbocycles. The van der Waals surface area contributed by atoms with E-state index >= 15 is 0 Å². The van der Waals surface area contributed by atoms with Gasteiger partial charge < -0.3 is 14.2 Å². The molecule has 0 aromatic heterocycles. The van der Waals surface area contributed by atoms with Gasteiger partial charge in [0.1, 0.15) is 11.9 Å². The fourth-order valence-corrected chi connectivity index (χ4v) is 5.82. The van der Waals surface area contributed by atoms with Gasteiger partial charge in [0.15, 0.2) is 5.78 Å². The normalized spacial score (nSPS) is 33.3. The Morgan fingerprint density at radius 1 is 1.07 bits per heavy atom. The Kier molecular flexibility index (Phi) is 5.35. The van der Waals surface area contributed by atoms with Gasteiger partial charge in [-0.3, -0.25) is 9.69 Å². The van der Waals surface area contributed by atoms with Gasteiger partial charge in [-0.05, 0) is 31.7 Å². The van der Waals surface area contributed by atoms with Crippen molar-refractivity contribution >= 4 is 11.4 Å². The number of hydrogen-bond donors (Lipinski definition) is 0. The SMILES string of the molecule is COc1ccccc1C1=COC2C(CCC3OCN(C4CCCCC4)CC32)C1=O. The van der Waals surface area contributed by atoms with Crippen molar-refractivity contribution in [3.8, 4) is 5.75 Å². The molecule has 1 aromatic carbocycles. The van der Waals surface area contributed by atoms with E-state index in [-0.39, 0.29) is 29.8 Å². The van der Waals surface area contributed by atoms with Crippen LogP contribution in [0.2, 0.25) is 0 Å². The van der Waals surface area contributed by atoms with Crippen LogP contribution in [0.4, 0.5) is 0 Å². The standard InChI is InChI=1S/C24H31NO4/c1-27-21-10-6-5-9-17(21)20-14-28-24-18(23(20)26)11-12-22-19(24)13-25(15-29-22)16-7-3-2-4-8-16/h5-6,9-10,14,16,18-19,22,24H,2-4,7-8,11-13,15H2,1H3. The molecule has 2 aliphatic carbocycles. The molecule has 0 radical (unpaired) electrons. The third-order valence-corrected chi connectivity index (χ3v) is 7.39. The lowest BCUT2D eigenvalue weighted by Gasteiger charge is -2.50. The van der Waals surface area contributed by atoms with Gasteiger partial charge in [-0.2, -0.15) is 0 Å². The van der Waals surface area contributed by atoms with Gasteiger partial charge in [-0.15, -0.1) is 0 Å². The minimum absolute atomic E-state index is 0.0777. The lowest BCUT2D eigenvalue weighted by Crippen LogP contribution is -2.58. The molecule has 4 atom stereocenters. The molecule has 0 bridgehead atoms. The Bertz CT molecular complexity index is 785. The monoisotopic (exact) mass is 397 g/mol. The number of nitrogens with zero attached hydrogens (tertiary/aromatic N) is 1. The Hall–Kier alpha value is -1.85. The number of carbonyl (C=O) groups excluding carboxylic acids is 1. The van der Waals surface area contributed by atoms with Crippen LogP contribution < -0.4 is 4.74 Å². The summed E-state index contributed by atoms with van der Waals surface area (Å²) in [4.78, 5) is 15.9. The molecule has 0 N–H and O–H groups in total. The van der Waals surface area contributed by atoms with Crippen LogP contribution in [0.25, 0.3) is 5.57 Å². The van der Waals surface area contributed by atoms with Gasteiger partial charge >= 0.3 is 0 Å². The highest BCUT2D eigenvalue weighted by Crippen LogP contribution is 2.43. The predicted molar refractivity (Wildman–Crippen MR) is 110 cm³/mol. The molecule has 0 spiro atoms. The summed E-state index contributed by atoms with van der Waals surface area (Å²) in [7, 11) is 1.64. The van der Waals surface area contributed by atoms with Crippen molar-refractivity contribution in [1.82, 2.24) is 4.90 Å². The number of methoxy groups -OCH3 is 1. The van der Waals surface area contributed by atoms with E-state index in [1.165, 1.54) is 32.1 Å². The first-order valence-corrected chi connectivity index (χ1v) is 11.1. The summed E-state index contributed by atoms with van der Waals surface area (Å²) in [5.41, 5.74) is 1.47. The van der Waals surface area contributed by atoms with Crippen LogP contribution in [0.1, 0.15) is 50.5 Å². The smallest absolute Gasteiger partial charge is 0.173 e. The molecule has 29 heavy (non-hydrogen) atoms. The van der Waals surface area contributed by atoms with Gasteiger partial charge in [0.2, 0.25) is 0 Å². The van der Waals surface area contributed by atoms with E-state index in [1.54, 1.807) is 13.4 Å². The summed E-state index contributed by atoms with van der Waals surface area (Å²) in [5.74, 6) is 1.09. The number of hydrogen-bond acceptors (Lipinski definition) is 5. The van der Waals surface area contributed by atoms with Gasteiger partial charge in [0.25, 0.3) is 0 Å². The predicted octanol–water partition coefficient (Wildman–Crippen LogP) is 4.02. The molecule has 5 rings (SSSR count). The van der Waals surface area contributed by atoms with E-state index in [2.05, 4.69) is 4.90 Å². The van der Waals surface area contributed by atoms with Crippen molar-refractivity contribution in [2.24, 2.45) is 11.8 Å². The van der Waals surface area contributed by atoms with Crippen molar-refractivity contribution in [3.63, 3.8) is 0 Å². The van der Waals surface area contributed by atoms with Crippen LogP contribution >= 0.6 is 0 Å². The summed E-state index contributed by atoms with van der Waals surface area (Å²) in [6.45, 7) is 1.72. The Morgan fingerprint density at radius 3 is 2.72 bits per heavy atom. The number of para-hydroxylation sites is 1. The van der Waals surface area contributed by atoms with Crippen molar-refractivity contribution in [2.45, 2.75) is 63.2 Å².